The standard InChI is InChI=1S/C17H29N3/c1-3-17(4-2)20-13-11-16(19-20)14-18-12-10-15-8-6-5-7-9-15/h8,11,13,17-18H,3-7,9-10,12,14H2,1-2H3. The Morgan fingerprint density at radius 1 is 1.30 bits per heavy atom. The van der Waals surface area contributed by atoms with Gasteiger partial charge in [-0.3, -0.25) is 4.68 Å². The summed E-state index contributed by atoms with van der Waals surface area (Å²) in [6.07, 6.45) is 13.4. The second kappa shape index (κ2) is 8.25. The highest BCUT2D eigenvalue weighted by Gasteiger charge is 2.08. The van der Waals surface area contributed by atoms with Crippen molar-refractivity contribution in [3.8, 4) is 0 Å². The Morgan fingerprint density at radius 3 is 2.85 bits per heavy atom. The topological polar surface area (TPSA) is 29.9 Å². The quantitative estimate of drug-likeness (QED) is 0.568. The SMILES string of the molecule is CCC(CC)n1ccc(CNCCC2=CCCCC2)n1. The molecule has 0 aromatic carbocycles. The number of nitrogens with one attached hydrogen (secondary N) is 1. The fourth-order valence-electron chi connectivity index (χ4n) is 2.93. The van der Waals surface area contributed by atoms with E-state index in [2.05, 4.69) is 47.3 Å². The zero-order valence-electron chi connectivity index (χ0n) is 13.1. The highest BCUT2D eigenvalue weighted by molar-refractivity contribution is 5.05. The number of hydrogen-bond donors (Lipinski definition) is 1. The van der Waals surface area contributed by atoms with Crippen LogP contribution in [0.15, 0.2) is 23.9 Å². The van der Waals surface area contributed by atoms with Gasteiger partial charge in [0.15, 0.2) is 0 Å². The van der Waals surface area contributed by atoms with Crippen molar-refractivity contribution >= 4 is 0 Å². The molecule has 0 radical (unpaired) electrons. The van der Waals surface area contributed by atoms with Crippen LogP contribution in [0.1, 0.15) is 70.5 Å². The Morgan fingerprint density at radius 2 is 2.15 bits per heavy atom. The van der Waals surface area contributed by atoms with E-state index in [0.29, 0.717) is 6.04 Å². The Hall–Kier alpha value is -1.09. The minimum atomic E-state index is 0.552. The summed E-state index contributed by atoms with van der Waals surface area (Å²) < 4.78 is 2.13. The van der Waals surface area contributed by atoms with Gasteiger partial charge in [0, 0.05) is 12.7 Å². The zero-order chi connectivity index (χ0) is 14.2. The van der Waals surface area contributed by atoms with Gasteiger partial charge in [-0.25, -0.2) is 0 Å². The monoisotopic (exact) mass is 275 g/mol. The molecule has 3 nitrogen and oxygen atoms in total. The van der Waals surface area contributed by atoms with Crippen LogP contribution in [-0.2, 0) is 6.54 Å². The molecule has 2 rings (SSSR count). The summed E-state index contributed by atoms with van der Waals surface area (Å²) in [5, 5.41) is 8.20. The summed E-state index contributed by atoms with van der Waals surface area (Å²) in [7, 11) is 0. The molecule has 20 heavy (non-hydrogen) atoms. The molecule has 0 saturated heterocycles. The van der Waals surface area contributed by atoms with Gasteiger partial charge >= 0.3 is 0 Å². The van der Waals surface area contributed by atoms with E-state index < -0.39 is 0 Å². The van der Waals surface area contributed by atoms with Crippen molar-refractivity contribution < 1.29 is 0 Å². The lowest BCUT2D eigenvalue weighted by atomic mass is 9.97. The molecule has 0 amide bonds. The van der Waals surface area contributed by atoms with Crippen LogP contribution in [0.2, 0.25) is 0 Å². The van der Waals surface area contributed by atoms with Crippen molar-refractivity contribution in [1.82, 2.24) is 15.1 Å². The fourth-order valence-corrected chi connectivity index (χ4v) is 2.93. The molecule has 0 saturated carbocycles. The van der Waals surface area contributed by atoms with Gasteiger partial charge in [-0.05, 0) is 57.6 Å². The number of allylic oxidation sites excluding steroid dienone is 1. The zero-order valence-corrected chi connectivity index (χ0v) is 13.1. The molecule has 112 valence electrons. The molecular weight excluding hydrogens is 246 g/mol. The minimum Gasteiger partial charge on any atom is -0.311 e. The molecule has 1 aromatic rings. The van der Waals surface area contributed by atoms with Gasteiger partial charge in [0.05, 0.1) is 11.7 Å². The first kappa shape index (κ1) is 15.3. The van der Waals surface area contributed by atoms with E-state index in [1.54, 1.807) is 5.57 Å². The second-order valence-corrected chi connectivity index (χ2v) is 5.79. The first-order valence-corrected chi connectivity index (χ1v) is 8.26. The number of hydrogen-bond acceptors (Lipinski definition) is 2. The third-order valence-corrected chi connectivity index (χ3v) is 4.29. The minimum absolute atomic E-state index is 0.552. The summed E-state index contributed by atoms with van der Waals surface area (Å²) >= 11 is 0. The van der Waals surface area contributed by atoms with E-state index in [-0.39, 0.29) is 0 Å². The molecule has 0 bridgehead atoms. The smallest absolute Gasteiger partial charge is 0.0762 e. The first-order chi connectivity index (χ1) is 9.83. The molecular formula is C17H29N3. The lowest BCUT2D eigenvalue weighted by Crippen LogP contribution is -2.16. The summed E-state index contributed by atoms with van der Waals surface area (Å²) in [4.78, 5) is 0. The Balaban J connectivity index is 1.70. The Bertz CT molecular complexity index is 416. The normalized spacial score (nSPS) is 15.7. The van der Waals surface area contributed by atoms with Crippen LogP contribution >= 0.6 is 0 Å². The lowest BCUT2D eigenvalue weighted by Gasteiger charge is -2.13. The van der Waals surface area contributed by atoms with Crippen LogP contribution < -0.4 is 5.32 Å². The van der Waals surface area contributed by atoms with E-state index in [1.165, 1.54) is 32.1 Å². The maximum absolute atomic E-state index is 4.68. The summed E-state index contributed by atoms with van der Waals surface area (Å²) in [6.45, 7) is 6.42. The third-order valence-electron chi connectivity index (χ3n) is 4.29. The van der Waals surface area contributed by atoms with Gasteiger partial charge in [0.2, 0.25) is 0 Å². The molecule has 0 spiro atoms. The van der Waals surface area contributed by atoms with Crippen molar-refractivity contribution in [2.75, 3.05) is 6.54 Å². The average molecular weight is 275 g/mol. The van der Waals surface area contributed by atoms with Crippen LogP contribution in [0.4, 0.5) is 0 Å². The summed E-state index contributed by atoms with van der Waals surface area (Å²) in [6, 6.07) is 2.70. The van der Waals surface area contributed by atoms with Gasteiger partial charge in [-0.2, -0.15) is 5.10 Å². The van der Waals surface area contributed by atoms with E-state index in [1.807, 2.05) is 0 Å². The van der Waals surface area contributed by atoms with Crippen LogP contribution in [0.25, 0.3) is 0 Å². The first-order valence-electron chi connectivity index (χ1n) is 8.26. The van der Waals surface area contributed by atoms with E-state index in [4.69, 9.17) is 0 Å². The van der Waals surface area contributed by atoms with E-state index in [0.717, 1.165) is 31.6 Å². The molecule has 0 aliphatic heterocycles. The van der Waals surface area contributed by atoms with Crippen molar-refractivity contribution in [3.63, 3.8) is 0 Å². The molecule has 1 heterocycles. The molecule has 1 aliphatic rings. The average Bonchev–Trinajstić information content (AvgIpc) is 2.95. The maximum atomic E-state index is 4.68. The van der Waals surface area contributed by atoms with E-state index in [9.17, 15) is 0 Å². The fraction of sp³-hybridized carbons (Fsp3) is 0.706. The number of nitrogens with zero attached hydrogens (tertiary/aromatic N) is 2. The van der Waals surface area contributed by atoms with Gasteiger partial charge in [-0.15, -0.1) is 0 Å². The van der Waals surface area contributed by atoms with Crippen molar-refractivity contribution in [2.45, 2.75) is 71.4 Å². The van der Waals surface area contributed by atoms with Crippen LogP contribution in [0.3, 0.4) is 0 Å². The largest absolute Gasteiger partial charge is 0.311 e. The predicted octanol–water partition coefficient (Wildman–Crippen LogP) is 4.22. The predicted molar refractivity (Wildman–Crippen MR) is 84.7 cm³/mol. The second-order valence-electron chi connectivity index (χ2n) is 5.79. The third kappa shape index (κ3) is 4.48. The molecule has 3 heteroatoms. The number of rotatable bonds is 8. The van der Waals surface area contributed by atoms with Crippen LogP contribution in [-0.4, -0.2) is 16.3 Å². The van der Waals surface area contributed by atoms with Crippen molar-refractivity contribution in [3.05, 3.63) is 29.6 Å². The Labute approximate surface area is 123 Å². The molecule has 1 aliphatic carbocycles. The van der Waals surface area contributed by atoms with Crippen LogP contribution in [0, 0.1) is 0 Å². The molecule has 0 fully saturated rings. The summed E-state index contributed by atoms with van der Waals surface area (Å²) in [5.74, 6) is 0. The molecule has 0 unspecified atom stereocenters. The lowest BCUT2D eigenvalue weighted by molar-refractivity contribution is 0.424. The number of aromatic nitrogens is 2. The molecule has 1 aromatic heterocycles. The Kier molecular flexibility index (Phi) is 6.31. The van der Waals surface area contributed by atoms with Crippen molar-refractivity contribution in [2.24, 2.45) is 0 Å². The van der Waals surface area contributed by atoms with Gasteiger partial charge in [0.1, 0.15) is 0 Å². The highest BCUT2D eigenvalue weighted by Crippen LogP contribution is 2.19. The van der Waals surface area contributed by atoms with Gasteiger partial charge in [0.25, 0.3) is 0 Å². The summed E-state index contributed by atoms with van der Waals surface area (Å²) in [5.41, 5.74) is 2.81. The molecule has 1 N–H and O–H groups in total. The highest BCUT2D eigenvalue weighted by atomic mass is 15.3. The van der Waals surface area contributed by atoms with Gasteiger partial charge in [-0.1, -0.05) is 25.5 Å². The maximum Gasteiger partial charge on any atom is 0.0762 e. The van der Waals surface area contributed by atoms with Gasteiger partial charge < -0.3 is 5.32 Å². The van der Waals surface area contributed by atoms with E-state index >= 15 is 0 Å². The molecule has 0 atom stereocenters. The van der Waals surface area contributed by atoms with Crippen LogP contribution in [0.5, 0.6) is 0 Å². The van der Waals surface area contributed by atoms with Crippen molar-refractivity contribution in [1.29, 1.82) is 0 Å².